The first-order chi connectivity index (χ1) is 8.28. The molecule has 1 unspecified atom stereocenters. The summed E-state index contributed by atoms with van der Waals surface area (Å²) in [5, 5.41) is 12.6. The van der Waals surface area contributed by atoms with Crippen molar-refractivity contribution >= 4 is 22.9 Å². The van der Waals surface area contributed by atoms with Crippen LogP contribution in [0, 0.1) is 0 Å². The average molecular weight is 276 g/mol. The fourth-order valence-corrected chi connectivity index (χ4v) is 3.20. The van der Waals surface area contributed by atoms with E-state index in [1.54, 1.807) is 0 Å². The minimum Gasteiger partial charge on any atom is -0.395 e. The standard InChI is InChI=1S/C11H18ClN3OS/c12-11-14-6-10(17-11)8-15(4-5-16)7-9-2-1-3-13-9/h6,9,13,16H,1-5,7-8H2. The second-order valence-electron chi connectivity index (χ2n) is 4.33. The summed E-state index contributed by atoms with van der Waals surface area (Å²) >= 11 is 7.33. The fourth-order valence-electron chi connectivity index (χ4n) is 2.18. The number of aliphatic hydroxyl groups is 1. The third-order valence-corrected chi connectivity index (χ3v) is 4.06. The Morgan fingerprint density at radius 2 is 2.53 bits per heavy atom. The van der Waals surface area contributed by atoms with E-state index in [0.29, 0.717) is 17.1 Å². The largest absolute Gasteiger partial charge is 0.395 e. The second-order valence-corrected chi connectivity index (χ2v) is 6.03. The number of thiazole rings is 1. The lowest BCUT2D eigenvalue weighted by atomic mass is 10.2. The van der Waals surface area contributed by atoms with Crippen LogP contribution >= 0.6 is 22.9 Å². The van der Waals surface area contributed by atoms with Gasteiger partial charge in [0, 0.05) is 36.8 Å². The molecule has 1 aromatic heterocycles. The van der Waals surface area contributed by atoms with Crippen LogP contribution < -0.4 is 5.32 Å². The number of aliphatic hydroxyl groups excluding tert-OH is 1. The summed E-state index contributed by atoms with van der Waals surface area (Å²) < 4.78 is 0.586. The molecule has 6 heteroatoms. The molecule has 0 aliphatic carbocycles. The van der Waals surface area contributed by atoms with Crippen LogP contribution in [-0.2, 0) is 6.54 Å². The van der Waals surface area contributed by atoms with Gasteiger partial charge in [-0.3, -0.25) is 4.90 Å². The lowest BCUT2D eigenvalue weighted by Gasteiger charge is -2.24. The van der Waals surface area contributed by atoms with Gasteiger partial charge in [-0.2, -0.15) is 0 Å². The van der Waals surface area contributed by atoms with Gasteiger partial charge in [0.1, 0.15) is 0 Å². The summed E-state index contributed by atoms with van der Waals surface area (Å²) in [6.07, 6.45) is 4.30. The molecular formula is C11H18ClN3OS. The van der Waals surface area contributed by atoms with Crippen molar-refractivity contribution in [3.63, 3.8) is 0 Å². The van der Waals surface area contributed by atoms with Gasteiger partial charge in [0.05, 0.1) is 6.61 Å². The van der Waals surface area contributed by atoms with Crippen molar-refractivity contribution in [1.29, 1.82) is 0 Å². The molecule has 1 aromatic rings. The van der Waals surface area contributed by atoms with Gasteiger partial charge in [0.15, 0.2) is 4.47 Å². The Bertz CT molecular complexity index is 341. The molecule has 1 aliphatic heterocycles. The van der Waals surface area contributed by atoms with Crippen LogP contribution in [0.5, 0.6) is 0 Å². The smallest absolute Gasteiger partial charge is 0.183 e. The topological polar surface area (TPSA) is 48.4 Å². The Morgan fingerprint density at radius 3 is 3.12 bits per heavy atom. The van der Waals surface area contributed by atoms with Crippen LogP contribution in [0.4, 0.5) is 0 Å². The molecule has 0 amide bonds. The summed E-state index contributed by atoms with van der Waals surface area (Å²) in [5.41, 5.74) is 0. The van der Waals surface area contributed by atoms with Crippen LogP contribution in [0.3, 0.4) is 0 Å². The van der Waals surface area contributed by atoms with Gasteiger partial charge in [-0.25, -0.2) is 4.98 Å². The van der Waals surface area contributed by atoms with Crippen LogP contribution in [-0.4, -0.2) is 47.3 Å². The Hall–Kier alpha value is -0.200. The molecule has 0 aromatic carbocycles. The van der Waals surface area contributed by atoms with E-state index in [-0.39, 0.29) is 6.61 Å². The van der Waals surface area contributed by atoms with Gasteiger partial charge >= 0.3 is 0 Å². The molecular weight excluding hydrogens is 258 g/mol. The molecule has 0 radical (unpaired) electrons. The minimum atomic E-state index is 0.194. The summed E-state index contributed by atoms with van der Waals surface area (Å²) in [5.74, 6) is 0. The first-order valence-electron chi connectivity index (χ1n) is 5.94. The maximum absolute atomic E-state index is 9.09. The molecule has 2 rings (SSSR count). The third kappa shape index (κ3) is 4.19. The van der Waals surface area contributed by atoms with E-state index in [9.17, 15) is 0 Å². The van der Waals surface area contributed by atoms with Crippen molar-refractivity contribution in [3.05, 3.63) is 15.5 Å². The van der Waals surface area contributed by atoms with Gasteiger partial charge in [-0.1, -0.05) is 11.6 Å². The Morgan fingerprint density at radius 1 is 1.65 bits per heavy atom. The highest BCUT2D eigenvalue weighted by atomic mass is 35.5. The maximum atomic E-state index is 9.09. The van der Waals surface area contributed by atoms with Crippen LogP contribution in [0.2, 0.25) is 4.47 Å². The SMILES string of the molecule is OCCN(Cc1cnc(Cl)s1)CC1CCCN1. The summed E-state index contributed by atoms with van der Waals surface area (Å²) in [4.78, 5) is 7.45. The van der Waals surface area contributed by atoms with E-state index >= 15 is 0 Å². The van der Waals surface area contributed by atoms with Crippen LogP contribution in [0.15, 0.2) is 6.20 Å². The van der Waals surface area contributed by atoms with Crippen LogP contribution in [0.1, 0.15) is 17.7 Å². The highest BCUT2D eigenvalue weighted by Gasteiger charge is 2.18. The first-order valence-corrected chi connectivity index (χ1v) is 7.14. The molecule has 2 heterocycles. The highest BCUT2D eigenvalue weighted by molar-refractivity contribution is 7.15. The molecule has 1 aliphatic rings. The molecule has 1 fully saturated rings. The number of nitrogens with one attached hydrogen (secondary N) is 1. The van der Waals surface area contributed by atoms with Crippen molar-refractivity contribution in [2.24, 2.45) is 0 Å². The van der Waals surface area contributed by atoms with Crippen LogP contribution in [0.25, 0.3) is 0 Å². The summed E-state index contributed by atoms with van der Waals surface area (Å²) in [6, 6.07) is 0.560. The Kier molecular flexibility index (Phi) is 5.18. The zero-order chi connectivity index (χ0) is 12.1. The fraction of sp³-hybridized carbons (Fsp3) is 0.727. The van der Waals surface area contributed by atoms with E-state index in [2.05, 4.69) is 15.2 Å². The lowest BCUT2D eigenvalue weighted by molar-refractivity contribution is 0.180. The molecule has 17 heavy (non-hydrogen) atoms. The van der Waals surface area contributed by atoms with E-state index < -0.39 is 0 Å². The zero-order valence-corrected chi connectivity index (χ0v) is 11.3. The van der Waals surface area contributed by atoms with Gasteiger partial charge < -0.3 is 10.4 Å². The molecule has 0 bridgehead atoms. The number of aromatic nitrogens is 1. The van der Waals surface area contributed by atoms with Crippen molar-refractivity contribution < 1.29 is 5.11 Å². The molecule has 1 saturated heterocycles. The van der Waals surface area contributed by atoms with Crippen molar-refractivity contribution in [3.8, 4) is 0 Å². The zero-order valence-electron chi connectivity index (χ0n) is 9.73. The minimum absolute atomic E-state index is 0.194. The molecule has 0 saturated carbocycles. The van der Waals surface area contributed by atoms with E-state index in [0.717, 1.165) is 24.5 Å². The van der Waals surface area contributed by atoms with Crippen molar-refractivity contribution in [2.45, 2.75) is 25.4 Å². The quantitative estimate of drug-likeness (QED) is 0.823. The number of hydrogen-bond donors (Lipinski definition) is 2. The number of nitrogens with zero attached hydrogens (tertiary/aromatic N) is 2. The molecule has 0 spiro atoms. The monoisotopic (exact) mass is 275 g/mol. The third-order valence-electron chi connectivity index (χ3n) is 2.96. The number of halogens is 1. The molecule has 2 N–H and O–H groups in total. The second kappa shape index (κ2) is 6.66. The molecule has 1 atom stereocenters. The highest BCUT2D eigenvalue weighted by Crippen LogP contribution is 2.19. The summed E-state index contributed by atoms with van der Waals surface area (Å²) in [7, 11) is 0. The average Bonchev–Trinajstić information content (AvgIpc) is 2.91. The summed E-state index contributed by atoms with van der Waals surface area (Å²) in [6.45, 7) is 3.82. The van der Waals surface area contributed by atoms with E-state index in [1.807, 2.05) is 6.20 Å². The Balaban J connectivity index is 1.87. The van der Waals surface area contributed by atoms with Gasteiger partial charge in [0.25, 0.3) is 0 Å². The van der Waals surface area contributed by atoms with Crippen molar-refractivity contribution in [2.75, 3.05) is 26.2 Å². The first kappa shape index (κ1) is 13.2. The number of hydrogen-bond acceptors (Lipinski definition) is 5. The van der Waals surface area contributed by atoms with Crippen molar-refractivity contribution in [1.82, 2.24) is 15.2 Å². The normalized spacial score (nSPS) is 20.3. The van der Waals surface area contributed by atoms with E-state index in [4.69, 9.17) is 16.7 Å². The predicted octanol–water partition coefficient (Wildman–Crippen LogP) is 1.34. The van der Waals surface area contributed by atoms with Gasteiger partial charge in [-0.05, 0) is 19.4 Å². The van der Waals surface area contributed by atoms with Gasteiger partial charge in [0.2, 0.25) is 0 Å². The van der Waals surface area contributed by atoms with Gasteiger partial charge in [-0.15, -0.1) is 11.3 Å². The number of rotatable bonds is 6. The predicted molar refractivity (Wildman–Crippen MR) is 70.5 cm³/mol. The lowest BCUT2D eigenvalue weighted by Crippen LogP contribution is -2.38. The maximum Gasteiger partial charge on any atom is 0.183 e. The Labute approximate surface area is 111 Å². The molecule has 4 nitrogen and oxygen atoms in total. The molecule has 96 valence electrons. The van der Waals surface area contributed by atoms with E-state index in [1.165, 1.54) is 24.2 Å².